The zero-order valence-corrected chi connectivity index (χ0v) is 11.9. The van der Waals surface area contributed by atoms with Crippen LogP contribution >= 0.6 is 23.2 Å². The standard InChI is InChI=1S/C14H12Cl2N2O2/c15-10-3-1-9(2-4-10)8-20-13-6-5-11(16)7-12(13)14(17)18-19/h1-7,19H,8H2,(H2,17,18). The topological polar surface area (TPSA) is 67.8 Å². The Morgan fingerprint density at radius 1 is 1.10 bits per heavy atom. The van der Waals surface area contributed by atoms with E-state index in [0.29, 0.717) is 28.0 Å². The number of rotatable bonds is 4. The normalized spacial score (nSPS) is 11.4. The van der Waals surface area contributed by atoms with E-state index in [-0.39, 0.29) is 5.84 Å². The van der Waals surface area contributed by atoms with Gasteiger partial charge in [0.15, 0.2) is 5.84 Å². The highest BCUT2D eigenvalue weighted by Crippen LogP contribution is 2.24. The number of nitrogens with zero attached hydrogens (tertiary/aromatic N) is 1. The van der Waals surface area contributed by atoms with Crippen LogP contribution in [0.1, 0.15) is 11.1 Å². The van der Waals surface area contributed by atoms with Crippen molar-refractivity contribution < 1.29 is 9.94 Å². The maximum Gasteiger partial charge on any atom is 0.173 e. The lowest BCUT2D eigenvalue weighted by atomic mass is 10.2. The van der Waals surface area contributed by atoms with Crippen LogP contribution in [0, 0.1) is 0 Å². The van der Waals surface area contributed by atoms with Gasteiger partial charge in [-0.05, 0) is 35.9 Å². The Hall–Kier alpha value is -1.91. The molecular formula is C14H12Cl2N2O2. The van der Waals surface area contributed by atoms with Gasteiger partial charge in [-0.1, -0.05) is 40.5 Å². The Kier molecular flexibility index (Phi) is 4.71. The van der Waals surface area contributed by atoms with Gasteiger partial charge in [-0.3, -0.25) is 0 Å². The van der Waals surface area contributed by atoms with E-state index in [9.17, 15) is 0 Å². The van der Waals surface area contributed by atoms with Crippen molar-refractivity contribution in [1.29, 1.82) is 0 Å². The first-order chi connectivity index (χ1) is 9.60. The van der Waals surface area contributed by atoms with Crippen molar-refractivity contribution in [1.82, 2.24) is 0 Å². The van der Waals surface area contributed by atoms with Gasteiger partial charge in [0.25, 0.3) is 0 Å². The molecule has 2 aromatic carbocycles. The summed E-state index contributed by atoms with van der Waals surface area (Å²) in [6, 6.07) is 12.2. The van der Waals surface area contributed by atoms with Gasteiger partial charge >= 0.3 is 0 Å². The molecule has 2 aromatic rings. The van der Waals surface area contributed by atoms with Crippen LogP contribution < -0.4 is 10.5 Å². The minimum absolute atomic E-state index is 0.0568. The molecule has 2 rings (SSSR count). The van der Waals surface area contributed by atoms with E-state index < -0.39 is 0 Å². The first-order valence-electron chi connectivity index (χ1n) is 5.75. The van der Waals surface area contributed by atoms with Gasteiger partial charge in [-0.2, -0.15) is 0 Å². The average molecular weight is 311 g/mol. The van der Waals surface area contributed by atoms with Gasteiger partial charge < -0.3 is 15.7 Å². The summed E-state index contributed by atoms with van der Waals surface area (Å²) in [6.45, 7) is 0.338. The smallest absolute Gasteiger partial charge is 0.173 e. The molecule has 0 aliphatic rings. The fraction of sp³-hybridized carbons (Fsp3) is 0.0714. The summed E-state index contributed by atoms with van der Waals surface area (Å²) in [4.78, 5) is 0. The van der Waals surface area contributed by atoms with E-state index in [1.165, 1.54) is 0 Å². The first-order valence-corrected chi connectivity index (χ1v) is 6.50. The number of hydrogen-bond donors (Lipinski definition) is 2. The fourth-order valence-corrected chi connectivity index (χ4v) is 1.92. The summed E-state index contributed by atoms with van der Waals surface area (Å²) in [5, 5.41) is 12.9. The van der Waals surface area contributed by atoms with Crippen molar-refractivity contribution in [2.75, 3.05) is 0 Å². The molecule has 0 atom stereocenters. The Morgan fingerprint density at radius 3 is 2.40 bits per heavy atom. The Balaban J connectivity index is 2.19. The van der Waals surface area contributed by atoms with E-state index in [1.54, 1.807) is 30.3 Å². The van der Waals surface area contributed by atoms with Crippen LogP contribution in [0.3, 0.4) is 0 Å². The second-order valence-electron chi connectivity index (χ2n) is 4.04. The van der Waals surface area contributed by atoms with Gasteiger partial charge in [0, 0.05) is 10.0 Å². The quantitative estimate of drug-likeness (QED) is 0.392. The Morgan fingerprint density at radius 2 is 1.75 bits per heavy atom. The molecule has 0 radical (unpaired) electrons. The van der Waals surface area contributed by atoms with Crippen molar-refractivity contribution >= 4 is 29.0 Å². The highest BCUT2D eigenvalue weighted by Gasteiger charge is 2.09. The van der Waals surface area contributed by atoms with Crippen LogP contribution in [0.15, 0.2) is 47.6 Å². The van der Waals surface area contributed by atoms with Crippen molar-refractivity contribution in [2.45, 2.75) is 6.61 Å². The fourth-order valence-electron chi connectivity index (χ4n) is 1.62. The zero-order chi connectivity index (χ0) is 14.5. The maximum atomic E-state index is 8.77. The molecule has 0 spiro atoms. The van der Waals surface area contributed by atoms with Crippen molar-refractivity contribution in [3.63, 3.8) is 0 Å². The molecule has 0 saturated carbocycles. The summed E-state index contributed by atoms with van der Waals surface area (Å²) < 4.78 is 5.67. The first kappa shape index (κ1) is 14.5. The molecule has 0 saturated heterocycles. The number of halogens is 2. The van der Waals surface area contributed by atoms with Crippen molar-refractivity contribution in [3.05, 3.63) is 63.6 Å². The van der Waals surface area contributed by atoms with Gasteiger partial charge in [0.05, 0.1) is 5.56 Å². The lowest BCUT2D eigenvalue weighted by Crippen LogP contribution is -2.15. The zero-order valence-electron chi connectivity index (χ0n) is 10.4. The van der Waals surface area contributed by atoms with E-state index >= 15 is 0 Å². The summed E-state index contributed by atoms with van der Waals surface area (Å²) in [5.74, 6) is 0.429. The number of oxime groups is 1. The molecule has 104 valence electrons. The van der Waals surface area contributed by atoms with Crippen LogP contribution in [0.5, 0.6) is 5.75 Å². The number of benzene rings is 2. The third-order valence-corrected chi connectivity index (χ3v) is 3.12. The van der Waals surface area contributed by atoms with E-state index in [4.69, 9.17) is 38.9 Å². The highest BCUT2D eigenvalue weighted by atomic mass is 35.5. The molecule has 0 amide bonds. The van der Waals surface area contributed by atoms with Crippen LogP contribution in [0.4, 0.5) is 0 Å². The minimum Gasteiger partial charge on any atom is -0.488 e. The van der Waals surface area contributed by atoms with Crippen molar-refractivity contribution in [3.8, 4) is 5.75 Å². The van der Waals surface area contributed by atoms with Gasteiger partial charge in [-0.25, -0.2) is 0 Å². The second-order valence-corrected chi connectivity index (χ2v) is 4.91. The second kappa shape index (κ2) is 6.50. The average Bonchev–Trinajstić information content (AvgIpc) is 2.46. The number of amidine groups is 1. The van der Waals surface area contributed by atoms with Crippen LogP contribution in [-0.2, 0) is 6.61 Å². The molecular weight excluding hydrogens is 299 g/mol. The monoisotopic (exact) mass is 310 g/mol. The van der Waals surface area contributed by atoms with Gasteiger partial charge in [0.1, 0.15) is 12.4 Å². The molecule has 4 nitrogen and oxygen atoms in total. The maximum absolute atomic E-state index is 8.77. The molecule has 0 aromatic heterocycles. The highest BCUT2D eigenvalue weighted by molar-refractivity contribution is 6.31. The molecule has 6 heteroatoms. The van der Waals surface area contributed by atoms with Gasteiger partial charge in [-0.15, -0.1) is 0 Å². The molecule has 0 unspecified atom stereocenters. The summed E-state index contributed by atoms with van der Waals surface area (Å²) in [7, 11) is 0. The molecule has 0 bridgehead atoms. The predicted molar refractivity (Wildman–Crippen MR) is 79.7 cm³/mol. The minimum atomic E-state index is -0.0568. The summed E-state index contributed by atoms with van der Waals surface area (Å²) >= 11 is 11.7. The van der Waals surface area contributed by atoms with Crippen molar-refractivity contribution in [2.24, 2.45) is 10.9 Å². The molecule has 0 fully saturated rings. The molecule has 0 aliphatic carbocycles. The van der Waals surface area contributed by atoms with Crippen LogP contribution in [-0.4, -0.2) is 11.0 Å². The predicted octanol–water partition coefficient (Wildman–Crippen LogP) is 3.67. The third kappa shape index (κ3) is 3.56. The molecule has 0 heterocycles. The number of ether oxygens (including phenoxy) is 1. The number of nitrogens with two attached hydrogens (primary N) is 1. The lowest BCUT2D eigenvalue weighted by Gasteiger charge is -2.11. The van der Waals surface area contributed by atoms with Gasteiger partial charge in [0.2, 0.25) is 0 Å². The third-order valence-electron chi connectivity index (χ3n) is 2.63. The lowest BCUT2D eigenvalue weighted by molar-refractivity contribution is 0.303. The number of hydrogen-bond acceptors (Lipinski definition) is 3. The molecule has 20 heavy (non-hydrogen) atoms. The van der Waals surface area contributed by atoms with Crippen LogP contribution in [0.25, 0.3) is 0 Å². The molecule has 3 N–H and O–H groups in total. The Bertz CT molecular complexity index is 628. The molecule has 0 aliphatic heterocycles. The van der Waals surface area contributed by atoms with E-state index in [0.717, 1.165) is 5.56 Å². The van der Waals surface area contributed by atoms with E-state index in [2.05, 4.69) is 5.16 Å². The van der Waals surface area contributed by atoms with Crippen LogP contribution in [0.2, 0.25) is 10.0 Å². The van der Waals surface area contributed by atoms with E-state index in [1.807, 2.05) is 12.1 Å². The Labute approximate surface area is 126 Å². The SMILES string of the molecule is NC(=NO)c1cc(Cl)ccc1OCc1ccc(Cl)cc1. The largest absolute Gasteiger partial charge is 0.488 e. The summed E-state index contributed by atoms with van der Waals surface area (Å²) in [5.41, 5.74) is 6.99. The summed E-state index contributed by atoms with van der Waals surface area (Å²) in [6.07, 6.45) is 0.